The molecule has 0 saturated heterocycles. The number of nitrogens with one attached hydrogen (secondary N) is 2. The molecule has 26 heavy (non-hydrogen) atoms. The molecule has 8 heteroatoms. The fraction of sp³-hybridized carbons (Fsp3) is 0.222. The number of hydrazone groups is 1. The van der Waals surface area contributed by atoms with Crippen LogP contribution in [0.15, 0.2) is 63.2 Å². The molecule has 1 atom stereocenters. The molecule has 1 aromatic heterocycles. The van der Waals surface area contributed by atoms with Gasteiger partial charge in [-0.1, -0.05) is 30.4 Å². The molecule has 1 aromatic carbocycles. The third-order valence-corrected chi connectivity index (χ3v) is 6.70. The fourth-order valence-corrected chi connectivity index (χ4v) is 4.67. The number of anilines is 1. The molecule has 136 valence electrons. The van der Waals surface area contributed by atoms with Crippen LogP contribution in [0.25, 0.3) is 0 Å². The molecule has 0 bridgehead atoms. The summed E-state index contributed by atoms with van der Waals surface area (Å²) in [7, 11) is -3.72. The predicted molar refractivity (Wildman–Crippen MR) is 104 cm³/mol. The van der Waals surface area contributed by atoms with E-state index in [1.165, 1.54) is 6.07 Å². The molecule has 1 unspecified atom stereocenters. The SMILES string of the molecule is O=C(N/N=C/C1CC=CCC1)c1ccccc1NS(=O)(=O)c1cccs1. The zero-order valence-corrected chi connectivity index (χ0v) is 15.6. The molecule has 0 aliphatic heterocycles. The van der Waals surface area contributed by atoms with Crippen molar-refractivity contribution < 1.29 is 13.2 Å². The largest absolute Gasteiger partial charge is 0.278 e. The maximum Gasteiger partial charge on any atom is 0.273 e. The number of allylic oxidation sites excluding steroid dienone is 2. The number of rotatable bonds is 6. The second kappa shape index (κ2) is 8.29. The van der Waals surface area contributed by atoms with Gasteiger partial charge >= 0.3 is 0 Å². The molecule has 0 fully saturated rings. The average molecular weight is 390 g/mol. The second-order valence-electron chi connectivity index (χ2n) is 5.85. The van der Waals surface area contributed by atoms with Crippen molar-refractivity contribution in [2.75, 3.05) is 4.72 Å². The van der Waals surface area contributed by atoms with Gasteiger partial charge in [-0.05, 0) is 48.8 Å². The highest BCUT2D eigenvalue weighted by atomic mass is 32.2. The Morgan fingerprint density at radius 3 is 2.77 bits per heavy atom. The van der Waals surface area contributed by atoms with Crippen LogP contribution >= 0.6 is 11.3 Å². The molecular formula is C18H19N3O3S2. The summed E-state index contributed by atoms with van der Waals surface area (Å²) in [5.41, 5.74) is 2.91. The van der Waals surface area contributed by atoms with Crippen molar-refractivity contribution in [3.63, 3.8) is 0 Å². The molecule has 2 aromatic rings. The van der Waals surface area contributed by atoms with Crippen LogP contribution in [0.5, 0.6) is 0 Å². The number of nitrogens with zero attached hydrogens (tertiary/aromatic N) is 1. The van der Waals surface area contributed by atoms with Gasteiger partial charge in [0.2, 0.25) is 0 Å². The van der Waals surface area contributed by atoms with Crippen molar-refractivity contribution in [2.24, 2.45) is 11.0 Å². The highest BCUT2D eigenvalue weighted by molar-refractivity contribution is 7.94. The van der Waals surface area contributed by atoms with Crippen LogP contribution in [0, 0.1) is 5.92 Å². The third kappa shape index (κ3) is 4.59. The van der Waals surface area contributed by atoms with E-state index in [1.54, 1.807) is 41.9 Å². The second-order valence-corrected chi connectivity index (χ2v) is 8.70. The van der Waals surface area contributed by atoms with Crippen molar-refractivity contribution in [1.82, 2.24) is 5.43 Å². The number of hydrogen-bond donors (Lipinski definition) is 2. The van der Waals surface area contributed by atoms with Crippen molar-refractivity contribution >= 4 is 39.2 Å². The van der Waals surface area contributed by atoms with Gasteiger partial charge in [0.15, 0.2) is 0 Å². The first-order valence-corrected chi connectivity index (χ1v) is 10.6. The number of sulfonamides is 1. The van der Waals surface area contributed by atoms with Gasteiger partial charge in [0.05, 0.1) is 11.3 Å². The summed E-state index contributed by atoms with van der Waals surface area (Å²) in [5.74, 6) is -0.148. The van der Waals surface area contributed by atoms with Crippen molar-refractivity contribution in [3.8, 4) is 0 Å². The van der Waals surface area contributed by atoms with Gasteiger partial charge in [-0.15, -0.1) is 11.3 Å². The summed E-state index contributed by atoms with van der Waals surface area (Å²) in [6, 6.07) is 9.62. The Morgan fingerprint density at radius 2 is 2.04 bits per heavy atom. The van der Waals surface area contributed by atoms with Crippen molar-refractivity contribution in [2.45, 2.75) is 23.5 Å². The lowest BCUT2D eigenvalue weighted by Crippen LogP contribution is -2.22. The molecule has 0 radical (unpaired) electrons. The summed E-state index contributed by atoms with van der Waals surface area (Å²) in [6.45, 7) is 0. The van der Waals surface area contributed by atoms with E-state index < -0.39 is 15.9 Å². The Bertz CT molecular complexity index is 919. The first-order chi connectivity index (χ1) is 12.6. The standard InChI is InChI=1S/C18H19N3O3S2/c22-18(20-19-13-14-7-2-1-3-8-14)15-9-4-5-10-16(15)21-26(23,24)17-11-6-12-25-17/h1-2,4-6,9-14,21H,3,7-8H2,(H,20,22)/b19-13+. The number of carbonyl (C=O) groups excluding carboxylic acids is 1. The topological polar surface area (TPSA) is 87.6 Å². The summed E-state index contributed by atoms with van der Waals surface area (Å²) < 4.78 is 27.4. The zero-order chi connectivity index (χ0) is 18.4. The maximum atomic E-state index is 12.4. The lowest BCUT2D eigenvalue weighted by Gasteiger charge is -2.12. The molecule has 1 aliphatic rings. The Balaban J connectivity index is 1.71. The highest BCUT2D eigenvalue weighted by Gasteiger charge is 2.19. The minimum Gasteiger partial charge on any atom is -0.278 e. The van der Waals surface area contributed by atoms with Gasteiger partial charge in [-0.25, -0.2) is 13.8 Å². The number of thiophene rings is 1. The van der Waals surface area contributed by atoms with Gasteiger partial charge in [0.1, 0.15) is 4.21 Å². The van der Waals surface area contributed by atoms with Gasteiger partial charge < -0.3 is 0 Å². The van der Waals surface area contributed by atoms with E-state index in [0.717, 1.165) is 30.6 Å². The van der Waals surface area contributed by atoms with Crippen LogP contribution in [-0.4, -0.2) is 20.5 Å². The molecule has 0 spiro atoms. The molecule has 1 aliphatic carbocycles. The minimum absolute atomic E-state index is 0.191. The summed E-state index contributed by atoms with van der Waals surface area (Å²) >= 11 is 1.11. The van der Waals surface area contributed by atoms with Gasteiger partial charge in [0, 0.05) is 6.21 Å². The van der Waals surface area contributed by atoms with Crippen molar-refractivity contribution in [3.05, 3.63) is 59.5 Å². The van der Waals surface area contributed by atoms with E-state index in [2.05, 4.69) is 27.4 Å². The van der Waals surface area contributed by atoms with E-state index in [4.69, 9.17) is 0 Å². The average Bonchev–Trinajstić information content (AvgIpc) is 3.18. The van der Waals surface area contributed by atoms with E-state index >= 15 is 0 Å². The summed E-state index contributed by atoms with van der Waals surface area (Å²) in [5, 5.41) is 5.71. The monoisotopic (exact) mass is 389 g/mol. The van der Waals surface area contributed by atoms with E-state index in [1.807, 2.05) is 0 Å². The number of benzene rings is 1. The molecule has 2 N–H and O–H groups in total. The zero-order valence-electron chi connectivity index (χ0n) is 14.0. The smallest absolute Gasteiger partial charge is 0.273 e. The van der Waals surface area contributed by atoms with Crippen LogP contribution in [0.4, 0.5) is 5.69 Å². The van der Waals surface area contributed by atoms with Crippen LogP contribution in [0.1, 0.15) is 29.6 Å². The quantitative estimate of drug-likeness (QED) is 0.449. The van der Waals surface area contributed by atoms with Crippen LogP contribution in [-0.2, 0) is 10.0 Å². The summed E-state index contributed by atoms with van der Waals surface area (Å²) in [6.07, 6.45) is 8.91. The minimum atomic E-state index is -3.72. The number of carbonyl (C=O) groups is 1. The normalized spacial score (nSPS) is 17.3. The van der Waals surface area contributed by atoms with Crippen molar-refractivity contribution in [1.29, 1.82) is 0 Å². The first kappa shape index (κ1) is 18.3. The number of hydrogen-bond acceptors (Lipinski definition) is 5. The highest BCUT2D eigenvalue weighted by Crippen LogP contribution is 2.23. The van der Waals surface area contributed by atoms with Gasteiger partial charge in [-0.2, -0.15) is 5.10 Å². The lowest BCUT2D eigenvalue weighted by atomic mass is 9.96. The van der Waals surface area contributed by atoms with Crippen LogP contribution in [0.3, 0.4) is 0 Å². The molecule has 6 nitrogen and oxygen atoms in total. The van der Waals surface area contributed by atoms with Crippen LogP contribution < -0.4 is 10.1 Å². The first-order valence-electron chi connectivity index (χ1n) is 8.20. The van der Waals surface area contributed by atoms with E-state index in [-0.39, 0.29) is 15.5 Å². The van der Waals surface area contributed by atoms with E-state index in [0.29, 0.717) is 5.92 Å². The number of amides is 1. The predicted octanol–water partition coefficient (Wildman–Crippen LogP) is 3.62. The molecule has 1 amide bonds. The molecular weight excluding hydrogens is 370 g/mol. The molecule has 0 saturated carbocycles. The lowest BCUT2D eigenvalue weighted by molar-refractivity contribution is 0.0956. The number of para-hydroxylation sites is 1. The van der Waals surface area contributed by atoms with Gasteiger partial charge in [-0.3, -0.25) is 9.52 Å². The Kier molecular flexibility index (Phi) is 5.85. The Labute approximate surface area is 156 Å². The molecule has 3 rings (SSSR count). The van der Waals surface area contributed by atoms with Gasteiger partial charge in [0.25, 0.3) is 15.9 Å². The maximum absolute atomic E-state index is 12.4. The molecule has 1 heterocycles. The van der Waals surface area contributed by atoms with Crippen LogP contribution in [0.2, 0.25) is 0 Å². The van der Waals surface area contributed by atoms with E-state index in [9.17, 15) is 13.2 Å². The Hall–Kier alpha value is -2.45. The third-order valence-electron chi connectivity index (χ3n) is 3.94. The Morgan fingerprint density at radius 1 is 1.19 bits per heavy atom. The summed E-state index contributed by atoms with van der Waals surface area (Å²) in [4.78, 5) is 12.4. The fourth-order valence-electron chi connectivity index (χ4n) is 2.60.